The summed E-state index contributed by atoms with van der Waals surface area (Å²) in [4.78, 5) is 4.55. The van der Waals surface area contributed by atoms with Crippen molar-refractivity contribution in [2.24, 2.45) is 0 Å². The van der Waals surface area contributed by atoms with Gasteiger partial charge in [0.05, 0.1) is 0 Å². The molecule has 106 valence electrons. The lowest BCUT2D eigenvalue weighted by Gasteiger charge is -2.12. The van der Waals surface area contributed by atoms with E-state index in [1.807, 2.05) is 31.3 Å². The number of benzene rings is 1. The van der Waals surface area contributed by atoms with Crippen molar-refractivity contribution in [3.63, 3.8) is 0 Å². The summed E-state index contributed by atoms with van der Waals surface area (Å²) < 4.78 is 5.81. The van der Waals surface area contributed by atoms with Crippen molar-refractivity contribution in [1.82, 2.24) is 10.3 Å². The molecule has 20 heavy (non-hydrogen) atoms. The standard InChI is InChI=1S/C16H19ClN2O/c1-11(2)15-7-12(10-18-3)8-16(19-15)20-14-6-4-5-13(17)9-14/h4-9,11,18H,10H2,1-3H3. The number of rotatable bonds is 5. The number of halogens is 1. The van der Waals surface area contributed by atoms with Gasteiger partial charge in [0.1, 0.15) is 5.75 Å². The van der Waals surface area contributed by atoms with Crippen LogP contribution in [0.3, 0.4) is 0 Å². The summed E-state index contributed by atoms with van der Waals surface area (Å²) >= 11 is 5.96. The Morgan fingerprint density at radius 1 is 1.25 bits per heavy atom. The Morgan fingerprint density at radius 2 is 2.05 bits per heavy atom. The van der Waals surface area contributed by atoms with E-state index >= 15 is 0 Å². The van der Waals surface area contributed by atoms with E-state index in [2.05, 4.69) is 30.2 Å². The fraction of sp³-hybridized carbons (Fsp3) is 0.312. The molecule has 0 radical (unpaired) electrons. The van der Waals surface area contributed by atoms with Crippen LogP contribution in [0.5, 0.6) is 11.6 Å². The van der Waals surface area contributed by atoms with Gasteiger partial charge in [-0.2, -0.15) is 0 Å². The van der Waals surface area contributed by atoms with Crippen molar-refractivity contribution in [2.45, 2.75) is 26.3 Å². The van der Waals surface area contributed by atoms with Crippen molar-refractivity contribution in [3.05, 3.63) is 52.7 Å². The topological polar surface area (TPSA) is 34.1 Å². The SMILES string of the molecule is CNCc1cc(Oc2cccc(Cl)c2)nc(C(C)C)c1. The summed E-state index contributed by atoms with van der Waals surface area (Å²) in [7, 11) is 1.92. The summed E-state index contributed by atoms with van der Waals surface area (Å²) in [6.45, 7) is 5.03. The molecule has 0 saturated heterocycles. The smallest absolute Gasteiger partial charge is 0.219 e. The van der Waals surface area contributed by atoms with Gasteiger partial charge in [-0.1, -0.05) is 31.5 Å². The molecule has 0 atom stereocenters. The predicted octanol–water partition coefficient (Wildman–Crippen LogP) is 4.37. The molecule has 2 aromatic rings. The van der Waals surface area contributed by atoms with E-state index in [1.54, 1.807) is 6.07 Å². The number of pyridine rings is 1. The summed E-state index contributed by atoms with van der Waals surface area (Å²) in [5, 5.41) is 3.80. The first-order valence-corrected chi connectivity index (χ1v) is 7.05. The molecule has 0 amide bonds. The number of ether oxygens (including phenoxy) is 1. The number of hydrogen-bond acceptors (Lipinski definition) is 3. The van der Waals surface area contributed by atoms with Gasteiger partial charge in [0.25, 0.3) is 0 Å². The Hall–Kier alpha value is -1.58. The van der Waals surface area contributed by atoms with Gasteiger partial charge in [0.15, 0.2) is 0 Å². The van der Waals surface area contributed by atoms with Gasteiger partial charge in [-0.05, 0) is 42.8 Å². The average molecular weight is 291 g/mol. The van der Waals surface area contributed by atoms with Crippen molar-refractivity contribution in [2.75, 3.05) is 7.05 Å². The van der Waals surface area contributed by atoms with Crippen molar-refractivity contribution in [1.29, 1.82) is 0 Å². The number of hydrogen-bond donors (Lipinski definition) is 1. The van der Waals surface area contributed by atoms with Crippen molar-refractivity contribution >= 4 is 11.6 Å². The van der Waals surface area contributed by atoms with E-state index in [-0.39, 0.29) is 0 Å². The van der Waals surface area contributed by atoms with Crippen LogP contribution in [-0.2, 0) is 6.54 Å². The lowest BCUT2D eigenvalue weighted by Crippen LogP contribution is -2.07. The van der Waals surface area contributed by atoms with Crippen molar-refractivity contribution < 1.29 is 4.74 Å². The fourth-order valence-corrected chi connectivity index (χ4v) is 2.07. The largest absolute Gasteiger partial charge is 0.439 e. The van der Waals surface area contributed by atoms with Crippen LogP contribution in [-0.4, -0.2) is 12.0 Å². The minimum atomic E-state index is 0.355. The van der Waals surface area contributed by atoms with Crippen LogP contribution in [0.25, 0.3) is 0 Å². The molecule has 4 heteroatoms. The average Bonchev–Trinajstić information content (AvgIpc) is 2.38. The summed E-state index contributed by atoms with van der Waals surface area (Å²) in [5.74, 6) is 1.65. The fourth-order valence-electron chi connectivity index (χ4n) is 1.89. The van der Waals surface area contributed by atoms with Gasteiger partial charge >= 0.3 is 0 Å². The molecule has 1 aromatic carbocycles. The molecule has 0 aliphatic carbocycles. The minimum Gasteiger partial charge on any atom is -0.439 e. The maximum Gasteiger partial charge on any atom is 0.219 e. The summed E-state index contributed by atoms with van der Waals surface area (Å²) in [6, 6.07) is 11.4. The maximum absolute atomic E-state index is 5.96. The highest BCUT2D eigenvalue weighted by atomic mass is 35.5. The van der Waals surface area contributed by atoms with Gasteiger partial charge in [-0.25, -0.2) is 4.98 Å². The third-order valence-electron chi connectivity index (χ3n) is 2.87. The molecular weight excluding hydrogens is 272 g/mol. The summed E-state index contributed by atoms with van der Waals surface area (Å²) in [6.07, 6.45) is 0. The van der Waals surface area contributed by atoms with Gasteiger partial charge < -0.3 is 10.1 Å². The zero-order valence-electron chi connectivity index (χ0n) is 12.0. The molecule has 1 aromatic heterocycles. The van der Waals surface area contributed by atoms with Crippen LogP contribution in [0.4, 0.5) is 0 Å². The summed E-state index contributed by atoms with van der Waals surface area (Å²) in [5.41, 5.74) is 2.18. The molecule has 0 fully saturated rings. The Kier molecular flexibility index (Phi) is 4.99. The zero-order chi connectivity index (χ0) is 14.5. The quantitative estimate of drug-likeness (QED) is 0.888. The maximum atomic E-state index is 5.96. The first-order valence-electron chi connectivity index (χ1n) is 6.67. The van der Waals surface area contributed by atoms with E-state index in [9.17, 15) is 0 Å². The first kappa shape index (κ1) is 14.8. The monoisotopic (exact) mass is 290 g/mol. The molecule has 0 aliphatic heterocycles. The lowest BCUT2D eigenvalue weighted by atomic mass is 10.1. The molecule has 1 heterocycles. The molecule has 0 unspecified atom stereocenters. The lowest BCUT2D eigenvalue weighted by molar-refractivity contribution is 0.458. The molecule has 0 bridgehead atoms. The number of nitrogens with one attached hydrogen (secondary N) is 1. The first-order chi connectivity index (χ1) is 9.58. The second-order valence-electron chi connectivity index (χ2n) is 4.98. The second-order valence-corrected chi connectivity index (χ2v) is 5.42. The molecule has 0 saturated carbocycles. The van der Waals surface area contributed by atoms with Crippen LogP contribution >= 0.6 is 11.6 Å². The highest BCUT2D eigenvalue weighted by Crippen LogP contribution is 2.25. The Bertz CT molecular complexity index is 584. The van der Waals surface area contributed by atoms with Crippen LogP contribution in [0.1, 0.15) is 31.0 Å². The van der Waals surface area contributed by atoms with Gasteiger partial charge in [-0.15, -0.1) is 0 Å². The minimum absolute atomic E-state index is 0.355. The van der Waals surface area contributed by atoms with Gasteiger partial charge in [-0.3, -0.25) is 0 Å². The number of aromatic nitrogens is 1. The normalized spacial score (nSPS) is 10.8. The van der Waals surface area contributed by atoms with Crippen LogP contribution in [0.15, 0.2) is 36.4 Å². The Morgan fingerprint density at radius 3 is 2.70 bits per heavy atom. The second kappa shape index (κ2) is 6.73. The van der Waals surface area contributed by atoms with Crippen molar-refractivity contribution in [3.8, 4) is 11.6 Å². The van der Waals surface area contributed by atoms with Crippen LogP contribution < -0.4 is 10.1 Å². The highest BCUT2D eigenvalue weighted by Gasteiger charge is 2.08. The molecule has 0 aliphatic rings. The molecular formula is C16H19ClN2O. The molecule has 0 spiro atoms. The predicted molar refractivity (Wildman–Crippen MR) is 82.6 cm³/mol. The Balaban J connectivity index is 2.30. The van der Waals surface area contributed by atoms with Gasteiger partial charge in [0, 0.05) is 23.3 Å². The van der Waals surface area contributed by atoms with E-state index in [0.717, 1.165) is 17.8 Å². The van der Waals surface area contributed by atoms with E-state index in [1.165, 1.54) is 0 Å². The number of nitrogens with zero attached hydrogens (tertiary/aromatic N) is 1. The third-order valence-corrected chi connectivity index (χ3v) is 3.11. The van der Waals surface area contributed by atoms with Gasteiger partial charge in [0.2, 0.25) is 5.88 Å². The molecule has 1 N–H and O–H groups in total. The molecule has 3 nitrogen and oxygen atoms in total. The zero-order valence-corrected chi connectivity index (χ0v) is 12.7. The molecule has 2 rings (SSSR count). The van der Waals surface area contributed by atoms with E-state index in [0.29, 0.717) is 22.6 Å². The van der Waals surface area contributed by atoms with E-state index in [4.69, 9.17) is 16.3 Å². The van der Waals surface area contributed by atoms with E-state index < -0.39 is 0 Å². The van der Waals surface area contributed by atoms with Crippen LogP contribution in [0.2, 0.25) is 5.02 Å². The highest BCUT2D eigenvalue weighted by molar-refractivity contribution is 6.30. The van der Waals surface area contributed by atoms with Crippen LogP contribution in [0, 0.1) is 0 Å². The Labute approximate surface area is 124 Å². The third kappa shape index (κ3) is 3.95.